The molecule has 0 aliphatic carbocycles. The Kier molecular flexibility index (Phi) is 6.64. The van der Waals surface area contributed by atoms with E-state index in [-0.39, 0.29) is 12.2 Å². The lowest BCUT2D eigenvalue weighted by molar-refractivity contribution is -0.384. The Morgan fingerprint density at radius 2 is 1.88 bits per heavy atom. The van der Waals surface area contributed by atoms with Gasteiger partial charge in [0.2, 0.25) is 0 Å². The number of benzene rings is 1. The van der Waals surface area contributed by atoms with Gasteiger partial charge in [0.1, 0.15) is 5.69 Å². The average Bonchev–Trinajstić information content (AvgIpc) is 2.49. The highest BCUT2D eigenvalue weighted by Crippen LogP contribution is 2.35. The van der Waals surface area contributed by atoms with E-state index >= 15 is 0 Å². The summed E-state index contributed by atoms with van der Waals surface area (Å²) in [4.78, 5) is 8.92. The molecular weight excluding hydrogens is 377 g/mol. The lowest BCUT2D eigenvalue weighted by Gasteiger charge is -2.25. The maximum absolute atomic E-state index is 12.6. The minimum atomic E-state index is -5.69. The average molecular weight is 398 g/mol. The van der Waals surface area contributed by atoms with Gasteiger partial charge in [-0.2, -0.15) is 13.2 Å². The normalized spacial score (nSPS) is 14.9. The predicted molar refractivity (Wildman–Crippen MR) is 89.5 cm³/mol. The molecule has 0 bridgehead atoms. The first kappa shape index (κ1) is 22.2. The van der Waals surface area contributed by atoms with Gasteiger partial charge in [-0.15, -0.1) is 0 Å². The van der Waals surface area contributed by atoms with Gasteiger partial charge in [0.15, 0.2) is 0 Å². The quantitative estimate of drug-likeness (QED) is 0.512. The maximum atomic E-state index is 12.6. The molecule has 0 spiro atoms. The van der Waals surface area contributed by atoms with E-state index in [2.05, 4.69) is 5.32 Å². The van der Waals surface area contributed by atoms with Crippen LogP contribution in [0.15, 0.2) is 23.1 Å². The molecule has 0 radical (unpaired) electrons. The number of hydrogen-bond donors (Lipinski definition) is 2. The molecule has 0 amide bonds. The smallest absolute Gasteiger partial charge is 0.388 e. The van der Waals surface area contributed by atoms with E-state index in [1.807, 2.05) is 13.8 Å². The van der Waals surface area contributed by atoms with Crippen LogP contribution in [0.1, 0.15) is 33.6 Å². The molecule has 0 saturated heterocycles. The van der Waals surface area contributed by atoms with E-state index in [9.17, 15) is 36.8 Å². The zero-order chi connectivity index (χ0) is 20.3. The molecule has 7 nitrogen and oxygen atoms in total. The molecule has 1 atom stereocenters. The molecule has 1 unspecified atom stereocenters. The summed E-state index contributed by atoms with van der Waals surface area (Å²) in [6, 6.07) is 1.88. The molecule has 0 fully saturated rings. The number of hydrogen-bond acceptors (Lipinski definition) is 6. The highest BCUT2D eigenvalue weighted by atomic mass is 32.2. The van der Waals surface area contributed by atoms with Crippen molar-refractivity contribution in [2.45, 2.75) is 49.6 Å². The molecule has 0 aromatic heterocycles. The van der Waals surface area contributed by atoms with Crippen molar-refractivity contribution in [2.75, 3.05) is 11.9 Å². The summed E-state index contributed by atoms with van der Waals surface area (Å²) < 4.78 is 60.6. The lowest BCUT2D eigenvalue weighted by Crippen LogP contribution is -2.34. The third-order valence-corrected chi connectivity index (χ3v) is 5.18. The molecule has 26 heavy (non-hydrogen) atoms. The molecule has 0 aliphatic rings. The third-order valence-electron chi connectivity index (χ3n) is 3.70. The minimum absolute atomic E-state index is 0.0913. The number of aliphatic hydroxyl groups is 1. The number of nitrogens with one attached hydrogen (secondary N) is 1. The number of rotatable bonds is 8. The van der Waals surface area contributed by atoms with Crippen LogP contribution in [-0.2, 0) is 9.84 Å². The van der Waals surface area contributed by atoms with E-state index in [0.717, 1.165) is 6.07 Å². The summed E-state index contributed by atoms with van der Waals surface area (Å²) in [6.45, 7) is 5.37. The Labute approximate surface area is 149 Å². The van der Waals surface area contributed by atoms with Crippen LogP contribution in [-0.4, -0.2) is 36.1 Å². The van der Waals surface area contributed by atoms with Crippen molar-refractivity contribution < 1.29 is 31.6 Å². The van der Waals surface area contributed by atoms with E-state index in [0.29, 0.717) is 30.9 Å². The van der Waals surface area contributed by atoms with Crippen LogP contribution in [0.25, 0.3) is 0 Å². The second kappa shape index (κ2) is 7.78. The summed E-state index contributed by atoms with van der Waals surface area (Å²) in [5, 5.41) is 24.0. The molecule has 0 aliphatic heterocycles. The number of nitro groups is 1. The summed E-state index contributed by atoms with van der Waals surface area (Å²) >= 11 is 0. The van der Waals surface area contributed by atoms with Crippen molar-refractivity contribution in [3.8, 4) is 0 Å². The van der Waals surface area contributed by atoms with E-state index in [4.69, 9.17) is 0 Å². The molecule has 1 aromatic carbocycles. The van der Waals surface area contributed by atoms with E-state index in [1.54, 1.807) is 0 Å². The van der Waals surface area contributed by atoms with Crippen LogP contribution in [0, 0.1) is 16.0 Å². The number of sulfone groups is 1. The van der Waals surface area contributed by atoms with Gasteiger partial charge < -0.3 is 10.4 Å². The monoisotopic (exact) mass is 398 g/mol. The second-order valence-corrected chi connectivity index (χ2v) is 8.61. The van der Waals surface area contributed by atoms with Crippen LogP contribution >= 0.6 is 0 Å². The molecule has 148 valence electrons. The first-order valence-electron chi connectivity index (χ1n) is 7.73. The highest BCUT2D eigenvalue weighted by molar-refractivity contribution is 7.92. The van der Waals surface area contributed by atoms with E-state index in [1.165, 1.54) is 6.92 Å². The van der Waals surface area contributed by atoms with Gasteiger partial charge >= 0.3 is 5.51 Å². The zero-order valence-electron chi connectivity index (χ0n) is 14.5. The number of alkyl halides is 3. The van der Waals surface area contributed by atoms with Gasteiger partial charge in [-0.1, -0.05) is 13.8 Å². The molecular formula is C15H21F3N2O5S. The summed E-state index contributed by atoms with van der Waals surface area (Å²) in [5.74, 6) is 0.336. The van der Waals surface area contributed by atoms with Gasteiger partial charge in [-0.25, -0.2) is 8.42 Å². The fourth-order valence-corrected chi connectivity index (χ4v) is 2.87. The Morgan fingerprint density at radius 1 is 1.31 bits per heavy atom. The largest absolute Gasteiger partial charge is 0.501 e. The standard InChI is InChI=1S/C15H21F3N2O5S/c1-10(2)6-7-14(3,21)9-19-12-5-4-11(8-13(12)20(22)23)26(24,25)15(16,17)18/h4-5,8,10,19,21H,6-7,9H2,1-3H3. The van der Waals surface area contributed by atoms with Crippen LogP contribution in [0.4, 0.5) is 24.5 Å². The molecule has 0 heterocycles. The first-order valence-corrected chi connectivity index (χ1v) is 9.22. The predicted octanol–water partition coefficient (Wildman–Crippen LogP) is 3.49. The lowest BCUT2D eigenvalue weighted by atomic mass is 9.95. The third kappa shape index (κ3) is 5.56. The van der Waals surface area contributed by atoms with Gasteiger partial charge in [0.25, 0.3) is 15.5 Å². The minimum Gasteiger partial charge on any atom is -0.388 e. The Balaban J connectivity index is 3.10. The van der Waals surface area contributed by atoms with Crippen LogP contribution in [0.5, 0.6) is 0 Å². The van der Waals surface area contributed by atoms with Crippen LogP contribution in [0.2, 0.25) is 0 Å². The molecule has 11 heteroatoms. The summed E-state index contributed by atoms with van der Waals surface area (Å²) in [5.41, 5.74) is -7.76. The molecule has 1 aromatic rings. The summed E-state index contributed by atoms with van der Waals surface area (Å²) in [6.07, 6.45) is 1.12. The van der Waals surface area contributed by atoms with E-state index < -0.39 is 36.5 Å². The SMILES string of the molecule is CC(C)CCC(C)(O)CNc1ccc(S(=O)(=O)C(F)(F)F)cc1[N+](=O)[O-]. The van der Waals surface area contributed by atoms with Gasteiger partial charge in [-0.05, 0) is 37.8 Å². The number of nitrogens with zero attached hydrogens (tertiary/aromatic N) is 1. The Hall–Kier alpha value is -1.88. The van der Waals surface area contributed by atoms with Crippen LogP contribution in [0.3, 0.4) is 0 Å². The first-order chi connectivity index (χ1) is 11.7. The Morgan fingerprint density at radius 3 is 2.35 bits per heavy atom. The van der Waals surface area contributed by atoms with Crippen molar-refractivity contribution >= 4 is 21.2 Å². The second-order valence-electron chi connectivity index (χ2n) is 6.67. The summed E-state index contributed by atoms with van der Waals surface area (Å²) in [7, 11) is -5.69. The molecule has 1 rings (SSSR count). The zero-order valence-corrected chi connectivity index (χ0v) is 15.3. The number of halogens is 3. The van der Waals surface area contributed by atoms with Gasteiger partial charge in [-0.3, -0.25) is 10.1 Å². The van der Waals surface area contributed by atoms with Crippen molar-refractivity contribution in [3.05, 3.63) is 28.3 Å². The maximum Gasteiger partial charge on any atom is 0.501 e. The fourth-order valence-electron chi connectivity index (χ4n) is 2.09. The molecule has 0 saturated carbocycles. The van der Waals surface area contributed by atoms with Gasteiger partial charge in [0, 0.05) is 12.6 Å². The number of anilines is 1. The van der Waals surface area contributed by atoms with Crippen LogP contribution < -0.4 is 5.32 Å². The fraction of sp³-hybridized carbons (Fsp3) is 0.600. The number of nitro benzene ring substituents is 1. The van der Waals surface area contributed by atoms with Gasteiger partial charge in [0.05, 0.1) is 15.4 Å². The van der Waals surface area contributed by atoms with Crippen molar-refractivity contribution in [1.29, 1.82) is 0 Å². The van der Waals surface area contributed by atoms with Crippen molar-refractivity contribution in [2.24, 2.45) is 5.92 Å². The topological polar surface area (TPSA) is 110 Å². The van der Waals surface area contributed by atoms with Crippen molar-refractivity contribution in [3.63, 3.8) is 0 Å². The molecule has 2 N–H and O–H groups in total. The Bertz CT molecular complexity index is 761. The highest BCUT2D eigenvalue weighted by Gasteiger charge is 2.47. The van der Waals surface area contributed by atoms with Crippen molar-refractivity contribution in [1.82, 2.24) is 0 Å².